The van der Waals surface area contributed by atoms with Crippen LogP contribution in [0.2, 0.25) is 0 Å². The number of nitrogens with zero attached hydrogens (tertiary/aromatic N) is 2. The van der Waals surface area contributed by atoms with Crippen LogP contribution in [0.25, 0.3) is 0 Å². The standard InChI is InChI=1S/2C28H59N.H2O4S/c2*1-4-5-6-7-8-9-10-11-12-13-14-15-16-17-18-19-20-21-22-23-24-25-26-27-28-29(2)3;1-5(2,3)4/h2*4-28H2,1-3H3;(H2,1,2,3,4). The van der Waals surface area contributed by atoms with Crippen molar-refractivity contribution in [1.29, 1.82) is 0 Å². The van der Waals surface area contributed by atoms with E-state index in [-0.39, 0.29) is 0 Å². The smallest absolute Gasteiger partial charge is 0.309 e. The third-order valence-electron chi connectivity index (χ3n) is 12.9. The predicted molar refractivity (Wildman–Crippen MR) is 284 cm³/mol. The summed E-state index contributed by atoms with van der Waals surface area (Å²) in [6.45, 7) is 7.13. The molecule has 0 aromatic rings. The molecule has 0 aliphatic carbocycles. The molecule has 0 radical (unpaired) electrons. The van der Waals surface area contributed by atoms with E-state index in [1.54, 1.807) is 0 Å². The van der Waals surface area contributed by atoms with Gasteiger partial charge >= 0.3 is 10.4 Å². The van der Waals surface area contributed by atoms with E-state index in [1.165, 1.54) is 321 Å². The zero-order valence-corrected chi connectivity index (χ0v) is 45.2. The normalized spacial score (nSPS) is 11.6. The Morgan fingerprint density at radius 2 is 0.333 bits per heavy atom. The fraction of sp³-hybridized carbons (Fsp3) is 1.00. The summed E-state index contributed by atoms with van der Waals surface area (Å²) < 4.78 is 31.6. The lowest BCUT2D eigenvalue weighted by atomic mass is 10.0. The zero-order valence-electron chi connectivity index (χ0n) is 44.4. The molecule has 384 valence electrons. The third-order valence-corrected chi connectivity index (χ3v) is 12.9. The van der Waals surface area contributed by atoms with Crippen molar-refractivity contribution in [1.82, 2.24) is 9.80 Å². The van der Waals surface area contributed by atoms with Crippen molar-refractivity contribution in [3.63, 3.8) is 0 Å². The van der Waals surface area contributed by atoms with Crippen molar-refractivity contribution >= 4 is 10.4 Å². The molecule has 0 spiro atoms. The summed E-state index contributed by atoms with van der Waals surface area (Å²) in [7, 11) is 4.05. The molecule has 0 saturated heterocycles. The second kappa shape index (κ2) is 59.8. The van der Waals surface area contributed by atoms with E-state index in [4.69, 9.17) is 17.5 Å². The Morgan fingerprint density at radius 3 is 0.429 bits per heavy atom. The highest BCUT2D eigenvalue weighted by Gasteiger charge is 1.99. The first-order valence-corrected chi connectivity index (χ1v) is 29.9. The molecule has 0 aliphatic heterocycles. The first kappa shape index (κ1) is 67.1. The highest BCUT2D eigenvalue weighted by molar-refractivity contribution is 7.79. The molecule has 6 nitrogen and oxygen atoms in total. The summed E-state index contributed by atoms with van der Waals surface area (Å²) in [6, 6.07) is 0. The van der Waals surface area contributed by atoms with Crippen LogP contribution in [0.15, 0.2) is 0 Å². The number of hydrogen-bond acceptors (Lipinski definition) is 4. The van der Waals surface area contributed by atoms with E-state index in [0.29, 0.717) is 0 Å². The first-order valence-electron chi connectivity index (χ1n) is 28.5. The minimum absolute atomic E-state index is 1.26. The molecule has 0 heterocycles. The van der Waals surface area contributed by atoms with Gasteiger partial charge in [-0.15, -0.1) is 0 Å². The van der Waals surface area contributed by atoms with Crippen molar-refractivity contribution in [3.8, 4) is 0 Å². The topological polar surface area (TPSA) is 81.1 Å². The summed E-state index contributed by atoms with van der Waals surface area (Å²) in [5, 5.41) is 0. The average Bonchev–Trinajstić information content (AvgIpc) is 3.23. The number of unbranched alkanes of at least 4 members (excludes halogenated alkanes) is 46. The Bertz CT molecular complexity index is 821. The lowest BCUT2D eigenvalue weighted by Crippen LogP contribution is -2.12. The zero-order chi connectivity index (χ0) is 47.0. The molecule has 2 N–H and O–H groups in total. The van der Waals surface area contributed by atoms with Crippen molar-refractivity contribution in [3.05, 3.63) is 0 Å². The van der Waals surface area contributed by atoms with Gasteiger partial charge < -0.3 is 9.80 Å². The fourth-order valence-corrected chi connectivity index (χ4v) is 8.78. The SMILES string of the molecule is CCCCCCCCCCCCCCCCCCCCCCCCCCN(C)C.CCCCCCCCCCCCCCCCCCCCCCCCCCN(C)C.O=S(=O)(O)O. The van der Waals surface area contributed by atoms with Gasteiger partial charge in [-0.05, 0) is 54.1 Å². The average molecular weight is 918 g/mol. The van der Waals surface area contributed by atoms with E-state index >= 15 is 0 Å². The maximum Gasteiger partial charge on any atom is 0.394 e. The maximum atomic E-state index is 8.74. The van der Waals surface area contributed by atoms with Crippen molar-refractivity contribution in [2.45, 2.75) is 322 Å². The van der Waals surface area contributed by atoms with Crippen LogP contribution in [0.5, 0.6) is 0 Å². The lowest BCUT2D eigenvalue weighted by molar-refractivity contribution is 0.381. The van der Waals surface area contributed by atoms with Crippen molar-refractivity contribution in [2.24, 2.45) is 0 Å². The summed E-state index contributed by atoms with van der Waals surface area (Å²) in [6.07, 6.45) is 70.5. The second-order valence-corrected chi connectivity index (χ2v) is 21.2. The van der Waals surface area contributed by atoms with E-state index in [0.717, 1.165) is 0 Å². The fourth-order valence-electron chi connectivity index (χ4n) is 8.78. The van der Waals surface area contributed by atoms with E-state index in [2.05, 4.69) is 51.8 Å². The van der Waals surface area contributed by atoms with Gasteiger partial charge in [-0.2, -0.15) is 8.42 Å². The van der Waals surface area contributed by atoms with Crippen LogP contribution in [0.3, 0.4) is 0 Å². The Kier molecular flexibility index (Phi) is 63.7. The van der Waals surface area contributed by atoms with Gasteiger partial charge in [0.2, 0.25) is 0 Å². The van der Waals surface area contributed by atoms with Crippen LogP contribution in [0.1, 0.15) is 322 Å². The molecule has 0 atom stereocenters. The van der Waals surface area contributed by atoms with E-state index < -0.39 is 10.4 Å². The van der Waals surface area contributed by atoms with Crippen molar-refractivity contribution in [2.75, 3.05) is 41.3 Å². The Labute approximate surface area is 399 Å². The van der Waals surface area contributed by atoms with Crippen molar-refractivity contribution < 1.29 is 17.5 Å². The molecule has 0 saturated carbocycles. The third kappa shape index (κ3) is 82.4. The van der Waals surface area contributed by atoms with Crippen LogP contribution in [0, 0.1) is 0 Å². The molecule has 0 rings (SSSR count). The lowest BCUT2D eigenvalue weighted by Gasteiger charge is -2.08. The van der Waals surface area contributed by atoms with Gasteiger partial charge in [-0.25, -0.2) is 0 Å². The number of rotatable bonds is 50. The maximum absolute atomic E-state index is 8.74. The van der Waals surface area contributed by atoms with E-state index in [1.807, 2.05) is 0 Å². The highest BCUT2D eigenvalue weighted by atomic mass is 32.3. The van der Waals surface area contributed by atoms with Gasteiger partial charge in [-0.3, -0.25) is 9.11 Å². The molecule has 0 fully saturated rings. The van der Waals surface area contributed by atoms with Crippen LogP contribution in [0.4, 0.5) is 0 Å². The minimum Gasteiger partial charge on any atom is -0.309 e. The monoisotopic (exact) mass is 917 g/mol. The summed E-state index contributed by atoms with van der Waals surface area (Å²) in [5.41, 5.74) is 0. The molecule has 0 aromatic heterocycles. The van der Waals surface area contributed by atoms with Crippen LogP contribution < -0.4 is 0 Å². The Morgan fingerprint density at radius 1 is 0.238 bits per heavy atom. The van der Waals surface area contributed by atoms with Gasteiger partial charge in [-0.1, -0.05) is 309 Å². The Balaban J connectivity index is -0.00000103. The largest absolute Gasteiger partial charge is 0.394 e. The molecular weight excluding hydrogens is 797 g/mol. The van der Waals surface area contributed by atoms with Gasteiger partial charge in [0.1, 0.15) is 0 Å². The van der Waals surface area contributed by atoms with Crippen LogP contribution in [-0.4, -0.2) is 68.6 Å². The molecule has 0 aliphatic rings. The van der Waals surface area contributed by atoms with Gasteiger partial charge in [0.15, 0.2) is 0 Å². The van der Waals surface area contributed by atoms with Crippen LogP contribution in [-0.2, 0) is 10.4 Å². The predicted octanol–water partition coefficient (Wildman–Crippen LogP) is 19.2. The van der Waals surface area contributed by atoms with E-state index in [9.17, 15) is 0 Å². The second-order valence-electron chi connectivity index (χ2n) is 20.3. The molecular formula is C56H120N2O4S. The van der Waals surface area contributed by atoms with Gasteiger partial charge in [0, 0.05) is 0 Å². The van der Waals surface area contributed by atoms with Gasteiger partial charge in [0.25, 0.3) is 0 Å². The Hall–Kier alpha value is -0.210. The summed E-state index contributed by atoms with van der Waals surface area (Å²) in [4.78, 5) is 4.61. The highest BCUT2D eigenvalue weighted by Crippen LogP contribution is 2.18. The van der Waals surface area contributed by atoms with Gasteiger partial charge in [0.05, 0.1) is 0 Å². The molecule has 0 amide bonds. The van der Waals surface area contributed by atoms with Crippen LogP contribution >= 0.6 is 0 Å². The molecule has 63 heavy (non-hydrogen) atoms. The molecule has 0 bridgehead atoms. The summed E-state index contributed by atoms with van der Waals surface area (Å²) in [5.74, 6) is 0. The minimum atomic E-state index is -4.67. The summed E-state index contributed by atoms with van der Waals surface area (Å²) >= 11 is 0. The molecule has 7 heteroatoms. The molecule has 0 unspecified atom stereocenters. The molecule has 0 aromatic carbocycles. The first-order chi connectivity index (χ1) is 30.5. The number of hydrogen-bond donors (Lipinski definition) is 2. The quantitative estimate of drug-likeness (QED) is 0.0467.